The number of hydrogen-bond acceptors (Lipinski definition) is 4. The van der Waals surface area contributed by atoms with Crippen LogP contribution in [0.25, 0.3) is 11.0 Å². The van der Waals surface area contributed by atoms with E-state index in [1.165, 1.54) is 0 Å². The Hall–Kier alpha value is -2.86. The smallest absolute Gasteiger partial charge is 0.326 e. The van der Waals surface area contributed by atoms with Crippen LogP contribution in [0, 0.1) is 0 Å². The molecular weight excluding hydrogens is 342 g/mol. The molecule has 3 aromatic rings. The molecule has 0 unspecified atom stereocenters. The number of halogens is 1. The molecule has 1 N–H and O–H groups in total. The van der Waals surface area contributed by atoms with E-state index in [2.05, 4.69) is 10.3 Å². The third kappa shape index (κ3) is 4.58. The van der Waals surface area contributed by atoms with E-state index in [-0.39, 0.29) is 19.1 Å². The van der Waals surface area contributed by atoms with Crippen LogP contribution in [0.2, 0.25) is 5.02 Å². The summed E-state index contributed by atoms with van der Waals surface area (Å²) in [7, 11) is 0. The Labute approximate surface area is 149 Å². The summed E-state index contributed by atoms with van der Waals surface area (Å²) in [5.74, 6) is -0.870. The van der Waals surface area contributed by atoms with Gasteiger partial charge in [0.15, 0.2) is 6.61 Å². The maximum atomic E-state index is 11.9. The lowest BCUT2D eigenvalue weighted by Gasteiger charge is -2.08. The minimum atomic E-state index is -0.499. The van der Waals surface area contributed by atoms with Gasteiger partial charge in [0.05, 0.1) is 17.4 Å². The number of amides is 1. The zero-order valence-corrected chi connectivity index (χ0v) is 14.1. The van der Waals surface area contributed by atoms with Crippen LogP contribution in [-0.2, 0) is 27.4 Å². The molecule has 7 heteroatoms. The van der Waals surface area contributed by atoms with E-state index in [0.29, 0.717) is 11.6 Å². The largest absolute Gasteiger partial charge is 0.454 e. The van der Waals surface area contributed by atoms with Crippen LogP contribution in [0.1, 0.15) is 5.56 Å². The van der Waals surface area contributed by atoms with E-state index < -0.39 is 5.97 Å². The van der Waals surface area contributed by atoms with Gasteiger partial charge in [-0.3, -0.25) is 9.59 Å². The molecule has 128 valence electrons. The SMILES string of the molecule is O=C(COC(=O)Cn1cnc2ccccc21)NCc1cccc(Cl)c1. The number of rotatable bonds is 6. The maximum absolute atomic E-state index is 11.9. The highest BCUT2D eigenvalue weighted by atomic mass is 35.5. The first-order valence-corrected chi connectivity index (χ1v) is 8.06. The number of carbonyl (C=O) groups excluding carboxylic acids is 2. The first-order valence-electron chi connectivity index (χ1n) is 7.68. The van der Waals surface area contributed by atoms with Gasteiger partial charge in [0.25, 0.3) is 5.91 Å². The fourth-order valence-corrected chi connectivity index (χ4v) is 2.58. The van der Waals surface area contributed by atoms with Gasteiger partial charge >= 0.3 is 5.97 Å². The Morgan fingerprint density at radius 2 is 2.00 bits per heavy atom. The average molecular weight is 358 g/mol. The van der Waals surface area contributed by atoms with Crippen molar-refractivity contribution in [2.45, 2.75) is 13.1 Å². The molecule has 0 aliphatic carbocycles. The van der Waals surface area contributed by atoms with Gasteiger partial charge in [0.1, 0.15) is 6.54 Å². The van der Waals surface area contributed by atoms with Gasteiger partial charge in [0.2, 0.25) is 0 Å². The monoisotopic (exact) mass is 357 g/mol. The number of imidazole rings is 1. The molecule has 1 aromatic heterocycles. The van der Waals surface area contributed by atoms with Crippen LogP contribution in [0.5, 0.6) is 0 Å². The molecule has 0 saturated heterocycles. The fourth-order valence-electron chi connectivity index (χ4n) is 2.37. The second-order valence-corrected chi connectivity index (χ2v) is 5.86. The number of carbonyl (C=O) groups is 2. The van der Waals surface area contributed by atoms with Crippen molar-refractivity contribution in [3.8, 4) is 0 Å². The topological polar surface area (TPSA) is 73.2 Å². The lowest BCUT2D eigenvalue weighted by Crippen LogP contribution is -2.29. The fraction of sp³-hybridized carbons (Fsp3) is 0.167. The van der Waals surface area contributed by atoms with Crippen molar-refractivity contribution in [1.82, 2.24) is 14.9 Å². The van der Waals surface area contributed by atoms with Gasteiger partial charge in [-0.25, -0.2) is 4.98 Å². The second-order valence-electron chi connectivity index (χ2n) is 5.43. The molecule has 1 heterocycles. The highest BCUT2D eigenvalue weighted by molar-refractivity contribution is 6.30. The number of benzene rings is 2. The summed E-state index contributed by atoms with van der Waals surface area (Å²) in [6, 6.07) is 14.7. The van der Waals surface area contributed by atoms with Crippen molar-refractivity contribution >= 4 is 34.5 Å². The number of ether oxygens (including phenoxy) is 1. The summed E-state index contributed by atoms with van der Waals surface area (Å²) in [6.07, 6.45) is 1.57. The quantitative estimate of drug-likeness (QED) is 0.688. The van der Waals surface area contributed by atoms with E-state index >= 15 is 0 Å². The molecule has 0 bridgehead atoms. The highest BCUT2D eigenvalue weighted by Gasteiger charge is 2.10. The van der Waals surface area contributed by atoms with E-state index in [1.54, 1.807) is 29.1 Å². The molecular formula is C18H16ClN3O3. The Morgan fingerprint density at radius 1 is 1.16 bits per heavy atom. The van der Waals surface area contributed by atoms with E-state index in [1.807, 2.05) is 30.3 Å². The molecule has 0 saturated carbocycles. The average Bonchev–Trinajstić information content (AvgIpc) is 3.01. The van der Waals surface area contributed by atoms with Gasteiger partial charge in [-0.05, 0) is 29.8 Å². The zero-order chi connectivity index (χ0) is 17.6. The Morgan fingerprint density at radius 3 is 2.84 bits per heavy atom. The zero-order valence-electron chi connectivity index (χ0n) is 13.3. The molecule has 25 heavy (non-hydrogen) atoms. The molecule has 0 spiro atoms. The van der Waals surface area contributed by atoms with Crippen LogP contribution in [0.4, 0.5) is 0 Å². The predicted octanol–water partition coefficient (Wildman–Crippen LogP) is 2.55. The first-order chi connectivity index (χ1) is 12.1. The maximum Gasteiger partial charge on any atom is 0.326 e. The van der Waals surface area contributed by atoms with Gasteiger partial charge < -0.3 is 14.6 Å². The van der Waals surface area contributed by atoms with Crippen molar-refractivity contribution in [3.05, 3.63) is 65.4 Å². The second kappa shape index (κ2) is 7.81. The third-order valence-corrected chi connectivity index (χ3v) is 3.80. The minimum absolute atomic E-state index is 0.00207. The van der Waals surface area contributed by atoms with Gasteiger partial charge in [-0.2, -0.15) is 0 Å². The first kappa shape index (κ1) is 17.0. The van der Waals surface area contributed by atoms with Crippen molar-refractivity contribution in [2.75, 3.05) is 6.61 Å². The Balaban J connectivity index is 1.46. The standard InChI is InChI=1S/C18H16ClN3O3/c19-14-5-3-4-13(8-14)9-20-17(23)11-25-18(24)10-22-12-21-15-6-1-2-7-16(15)22/h1-8,12H,9-11H2,(H,20,23). The number of hydrogen-bond donors (Lipinski definition) is 1. The normalized spacial score (nSPS) is 10.6. The van der Waals surface area contributed by atoms with Gasteiger partial charge in [0, 0.05) is 11.6 Å². The number of fused-ring (bicyclic) bond motifs is 1. The summed E-state index contributed by atoms with van der Waals surface area (Å²) in [5.41, 5.74) is 2.51. The molecule has 3 rings (SSSR count). The minimum Gasteiger partial charge on any atom is -0.454 e. The molecule has 0 atom stereocenters. The van der Waals surface area contributed by atoms with Crippen LogP contribution < -0.4 is 5.32 Å². The van der Waals surface area contributed by atoms with Crippen LogP contribution in [0.15, 0.2) is 54.9 Å². The van der Waals surface area contributed by atoms with Gasteiger partial charge in [-0.1, -0.05) is 35.9 Å². The number of para-hydroxylation sites is 2. The Kier molecular flexibility index (Phi) is 5.30. The molecule has 1 amide bonds. The summed E-state index contributed by atoms with van der Waals surface area (Å²) in [5, 5.41) is 3.28. The van der Waals surface area contributed by atoms with Gasteiger partial charge in [-0.15, -0.1) is 0 Å². The lowest BCUT2D eigenvalue weighted by atomic mass is 10.2. The Bertz CT molecular complexity index is 907. The van der Waals surface area contributed by atoms with E-state index in [4.69, 9.17) is 16.3 Å². The van der Waals surface area contributed by atoms with Crippen molar-refractivity contribution in [2.24, 2.45) is 0 Å². The van der Waals surface area contributed by atoms with Crippen LogP contribution in [-0.4, -0.2) is 28.0 Å². The summed E-state index contributed by atoms with van der Waals surface area (Å²) in [4.78, 5) is 27.9. The van der Waals surface area contributed by atoms with Crippen molar-refractivity contribution in [1.29, 1.82) is 0 Å². The van der Waals surface area contributed by atoms with E-state index in [9.17, 15) is 9.59 Å². The number of nitrogens with zero attached hydrogens (tertiary/aromatic N) is 2. The van der Waals surface area contributed by atoms with Crippen molar-refractivity contribution in [3.63, 3.8) is 0 Å². The molecule has 0 fully saturated rings. The summed E-state index contributed by atoms with van der Waals surface area (Å²) >= 11 is 5.88. The molecule has 0 aliphatic rings. The van der Waals surface area contributed by atoms with Crippen LogP contribution >= 0.6 is 11.6 Å². The van der Waals surface area contributed by atoms with E-state index in [0.717, 1.165) is 16.6 Å². The molecule has 6 nitrogen and oxygen atoms in total. The molecule has 0 aliphatic heterocycles. The summed E-state index contributed by atoms with van der Waals surface area (Å²) < 4.78 is 6.69. The number of esters is 1. The molecule has 2 aromatic carbocycles. The predicted molar refractivity (Wildman–Crippen MR) is 94.0 cm³/mol. The summed E-state index contributed by atoms with van der Waals surface area (Å²) in [6.45, 7) is -0.00276. The number of aromatic nitrogens is 2. The number of nitrogens with one attached hydrogen (secondary N) is 1. The van der Waals surface area contributed by atoms with Crippen molar-refractivity contribution < 1.29 is 14.3 Å². The molecule has 0 radical (unpaired) electrons. The third-order valence-electron chi connectivity index (χ3n) is 3.57. The highest BCUT2D eigenvalue weighted by Crippen LogP contribution is 2.12. The van der Waals surface area contributed by atoms with Crippen LogP contribution in [0.3, 0.4) is 0 Å². The lowest BCUT2D eigenvalue weighted by molar-refractivity contribution is -0.149.